The third-order valence-corrected chi connectivity index (χ3v) is 5.63. The number of benzene rings is 2. The Balaban J connectivity index is 1.78. The lowest BCUT2D eigenvalue weighted by Crippen LogP contribution is -2.10. The molecule has 2 aromatic carbocycles. The smallest absolute Gasteiger partial charge is 0.249 e. The number of pyridine rings is 1. The van der Waals surface area contributed by atoms with Gasteiger partial charge in [0.2, 0.25) is 5.91 Å². The fourth-order valence-electron chi connectivity index (χ4n) is 3.94. The summed E-state index contributed by atoms with van der Waals surface area (Å²) in [6.45, 7) is 10.4. The van der Waals surface area contributed by atoms with Crippen LogP contribution in [0.3, 0.4) is 0 Å². The van der Waals surface area contributed by atoms with E-state index in [4.69, 9.17) is 9.15 Å². The van der Waals surface area contributed by atoms with Crippen LogP contribution in [0.5, 0.6) is 5.75 Å². The van der Waals surface area contributed by atoms with Crippen LogP contribution in [0.2, 0.25) is 0 Å². The van der Waals surface area contributed by atoms with Gasteiger partial charge in [-0.05, 0) is 69.5 Å². The zero-order chi connectivity index (χ0) is 23.5. The van der Waals surface area contributed by atoms with Crippen molar-refractivity contribution in [2.75, 3.05) is 11.9 Å². The molecule has 0 aliphatic rings. The summed E-state index contributed by atoms with van der Waals surface area (Å²) in [6.07, 6.45) is 5.05. The van der Waals surface area contributed by atoms with Crippen molar-refractivity contribution in [2.24, 2.45) is 0 Å². The van der Waals surface area contributed by atoms with E-state index < -0.39 is 0 Å². The Kier molecular flexibility index (Phi) is 6.31. The van der Waals surface area contributed by atoms with Gasteiger partial charge in [0, 0.05) is 34.3 Å². The average molecular weight is 441 g/mol. The molecule has 33 heavy (non-hydrogen) atoms. The van der Waals surface area contributed by atoms with Crippen molar-refractivity contribution in [3.63, 3.8) is 0 Å². The van der Waals surface area contributed by atoms with Crippen LogP contribution in [-0.4, -0.2) is 17.5 Å². The van der Waals surface area contributed by atoms with Crippen molar-refractivity contribution in [3.05, 3.63) is 83.3 Å². The molecular weight excluding hydrogens is 412 g/mol. The highest BCUT2D eigenvalue weighted by Crippen LogP contribution is 2.40. The highest BCUT2D eigenvalue weighted by atomic mass is 16.5. The minimum atomic E-state index is -0.239. The van der Waals surface area contributed by atoms with Crippen molar-refractivity contribution < 1.29 is 13.9 Å². The molecular formula is C28H28N2O3. The Morgan fingerprint density at radius 2 is 1.85 bits per heavy atom. The van der Waals surface area contributed by atoms with Crippen LogP contribution in [-0.2, 0) is 4.79 Å². The van der Waals surface area contributed by atoms with Gasteiger partial charge in [0.15, 0.2) is 0 Å². The Bertz CT molecular complexity index is 1350. The van der Waals surface area contributed by atoms with E-state index in [1.807, 2.05) is 39.8 Å². The lowest BCUT2D eigenvalue weighted by molar-refractivity contribution is -0.111. The number of fused-ring (bicyclic) bond motifs is 1. The van der Waals surface area contributed by atoms with Crippen LogP contribution >= 0.6 is 0 Å². The van der Waals surface area contributed by atoms with Gasteiger partial charge in [0.05, 0.1) is 12.9 Å². The summed E-state index contributed by atoms with van der Waals surface area (Å²) in [5.41, 5.74) is 7.69. The maximum Gasteiger partial charge on any atom is 0.249 e. The minimum Gasteiger partial charge on any atom is -0.493 e. The van der Waals surface area contributed by atoms with E-state index in [0.717, 1.165) is 50.1 Å². The van der Waals surface area contributed by atoms with Gasteiger partial charge < -0.3 is 14.5 Å². The molecule has 1 N–H and O–H groups in total. The first kappa shape index (κ1) is 22.3. The molecule has 0 fully saturated rings. The molecule has 0 saturated carbocycles. The summed E-state index contributed by atoms with van der Waals surface area (Å²) in [5, 5.41) is 3.83. The van der Waals surface area contributed by atoms with Crippen molar-refractivity contribution in [1.29, 1.82) is 0 Å². The molecule has 0 spiro atoms. The zero-order valence-corrected chi connectivity index (χ0v) is 19.7. The van der Waals surface area contributed by atoms with Crippen LogP contribution < -0.4 is 10.1 Å². The highest BCUT2D eigenvalue weighted by Gasteiger charge is 2.19. The molecule has 0 aliphatic carbocycles. The normalized spacial score (nSPS) is 11.6. The number of aromatic nitrogens is 1. The summed E-state index contributed by atoms with van der Waals surface area (Å²) in [5.74, 6) is 1.01. The lowest BCUT2D eigenvalue weighted by atomic mass is 9.96. The quantitative estimate of drug-likeness (QED) is 0.333. The maximum absolute atomic E-state index is 12.7. The Morgan fingerprint density at radius 1 is 1.09 bits per heavy atom. The van der Waals surface area contributed by atoms with E-state index in [9.17, 15) is 4.79 Å². The Labute approximate surface area is 194 Å². The van der Waals surface area contributed by atoms with Gasteiger partial charge in [0.25, 0.3) is 0 Å². The van der Waals surface area contributed by atoms with E-state index in [-0.39, 0.29) is 5.91 Å². The van der Waals surface area contributed by atoms with Gasteiger partial charge in [-0.2, -0.15) is 0 Å². The second-order valence-electron chi connectivity index (χ2n) is 8.24. The van der Waals surface area contributed by atoms with E-state index in [1.165, 1.54) is 5.56 Å². The van der Waals surface area contributed by atoms with Crippen LogP contribution in [0, 0.1) is 20.8 Å². The Hall–Kier alpha value is -3.86. The van der Waals surface area contributed by atoms with Crippen LogP contribution in [0.1, 0.15) is 36.1 Å². The predicted octanol–water partition coefficient (Wildman–Crippen LogP) is 6.86. The molecule has 0 saturated heterocycles. The van der Waals surface area contributed by atoms with Gasteiger partial charge in [-0.25, -0.2) is 4.98 Å². The first-order chi connectivity index (χ1) is 15.9. The first-order valence-electron chi connectivity index (χ1n) is 11.0. The molecule has 0 unspecified atom stereocenters. The molecule has 1 amide bonds. The number of anilines is 1. The lowest BCUT2D eigenvalue weighted by Gasteiger charge is -2.15. The second-order valence-corrected chi connectivity index (χ2v) is 8.24. The third kappa shape index (κ3) is 4.67. The van der Waals surface area contributed by atoms with Crippen molar-refractivity contribution in [2.45, 2.75) is 34.6 Å². The monoisotopic (exact) mass is 440 g/mol. The Morgan fingerprint density at radius 3 is 2.55 bits per heavy atom. The van der Waals surface area contributed by atoms with Gasteiger partial charge >= 0.3 is 0 Å². The second kappa shape index (κ2) is 9.33. The number of nitrogens with one attached hydrogen (secondary N) is 1. The fourth-order valence-corrected chi connectivity index (χ4v) is 3.94. The van der Waals surface area contributed by atoms with E-state index in [1.54, 1.807) is 18.5 Å². The molecule has 5 heteroatoms. The number of carbonyl (C=O) groups is 1. The molecule has 168 valence electrons. The van der Waals surface area contributed by atoms with Gasteiger partial charge in [0.1, 0.15) is 17.2 Å². The van der Waals surface area contributed by atoms with Crippen LogP contribution in [0.4, 0.5) is 5.82 Å². The third-order valence-electron chi connectivity index (χ3n) is 5.63. The number of hydrogen-bond donors (Lipinski definition) is 1. The zero-order valence-electron chi connectivity index (χ0n) is 19.7. The maximum atomic E-state index is 12.7. The molecule has 2 aromatic heterocycles. The average Bonchev–Trinajstić information content (AvgIpc) is 3.20. The molecule has 0 radical (unpaired) electrons. The molecule has 5 nitrogen and oxygen atoms in total. The number of ether oxygens (including phenoxy) is 1. The number of furan rings is 1. The van der Waals surface area contributed by atoms with E-state index >= 15 is 0 Å². The molecule has 2 heterocycles. The van der Waals surface area contributed by atoms with E-state index in [0.29, 0.717) is 12.4 Å². The molecule has 0 aliphatic heterocycles. The summed E-state index contributed by atoms with van der Waals surface area (Å²) in [6, 6.07) is 14.1. The molecule has 4 rings (SSSR count). The molecule has 0 bridgehead atoms. The minimum absolute atomic E-state index is 0.239. The molecule has 4 aromatic rings. The van der Waals surface area contributed by atoms with Crippen LogP contribution in [0.25, 0.3) is 27.7 Å². The standard InChI is InChI=1S/C28H28N2O3/c1-6-32-27-20(5)28-23(24(16-33-28)21-9-7-17(2)8-10-21)15-22(27)19(4)14-26(31)30-25-13-18(3)11-12-29-25/h7-16H,6H2,1-5H3,(H,29,30,31)/b19-14+. The number of hydrogen-bond acceptors (Lipinski definition) is 4. The van der Waals surface area contributed by atoms with Crippen molar-refractivity contribution in [1.82, 2.24) is 4.98 Å². The number of nitrogens with zero attached hydrogens (tertiary/aromatic N) is 1. The topological polar surface area (TPSA) is 64.4 Å². The highest BCUT2D eigenvalue weighted by molar-refractivity contribution is 6.05. The van der Waals surface area contributed by atoms with Gasteiger partial charge in [-0.1, -0.05) is 29.8 Å². The van der Waals surface area contributed by atoms with Gasteiger partial charge in [-0.15, -0.1) is 0 Å². The summed E-state index contributed by atoms with van der Waals surface area (Å²) >= 11 is 0. The number of carbonyl (C=O) groups excluding carboxylic acids is 1. The van der Waals surface area contributed by atoms with Gasteiger partial charge in [-0.3, -0.25) is 4.79 Å². The summed E-state index contributed by atoms with van der Waals surface area (Å²) in [7, 11) is 0. The summed E-state index contributed by atoms with van der Waals surface area (Å²) < 4.78 is 12.0. The number of amides is 1. The number of aryl methyl sites for hydroxylation is 3. The SMILES string of the molecule is CCOc1c(/C(C)=C/C(=O)Nc2cc(C)ccn2)cc2c(-c3ccc(C)cc3)coc2c1C. The summed E-state index contributed by atoms with van der Waals surface area (Å²) in [4.78, 5) is 16.9. The van der Waals surface area contributed by atoms with Crippen molar-refractivity contribution >= 4 is 28.3 Å². The predicted molar refractivity (Wildman–Crippen MR) is 134 cm³/mol. The van der Waals surface area contributed by atoms with E-state index in [2.05, 4.69) is 47.6 Å². The molecule has 0 atom stereocenters. The number of rotatable bonds is 6. The largest absolute Gasteiger partial charge is 0.493 e. The van der Waals surface area contributed by atoms with Crippen molar-refractivity contribution in [3.8, 4) is 16.9 Å². The first-order valence-corrected chi connectivity index (χ1v) is 11.0. The number of allylic oxidation sites excluding steroid dienone is 1. The fraction of sp³-hybridized carbons (Fsp3) is 0.214. The van der Waals surface area contributed by atoms with Crippen LogP contribution in [0.15, 0.2) is 65.4 Å².